The van der Waals surface area contributed by atoms with Crippen LogP contribution in [-0.4, -0.2) is 39.9 Å². The number of halogens is 1. The van der Waals surface area contributed by atoms with Gasteiger partial charge in [-0.3, -0.25) is 9.36 Å². The summed E-state index contributed by atoms with van der Waals surface area (Å²) in [6, 6.07) is 16.9. The number of nitrogens with one attached hydrogen (secondary N) is 1. The Balaban J connectivity index is 0.00000450. The predicted octanol–water partition coefficient (Wildman–Crippen LogP) is 2.81. The molecule has 0 radical (unpaired) electrons. The first-order valence-electron chi connectivity index (χ1n) is 9.37. The van der Waals surface area contributed by atoms with Gasteiger partial charge in [0.1, 0.15) is 6.04 Å². The molecule has 0 heterocycles. The highest BCUT2D eigenvalue weighted by Gasteiger charge is 2.33. The zero-order valence-corrected chi connectivity index (χ0v) is 19.3. The van der Waals surface area contributed by atoms with E-state index in [4.69, 9.17) is 5.73 Å². The van der Waals surface area contributed by atoms with Crippen LogP contribution in [0.25, 0.3) is 0 Å². The summed E-state index contributed by atoms with van der Waals surface area (Å²) in [6.07, 6.45) is 0.00867. The largest absolute Gasteiger partial charge is 0.480 e. The summed E-state index contributed by atoms with van der Waals surface area (Å²) in [5, 5.41) is 12.1. The topological polar surface area (TPSA) is 130 Å². The maximum absolute atomic E-state index is 12.9. The van der Waals surface area contributed by atoms with Crippen molar-refractivity contribution in [3.05, 3.63) is 71.8 Å². The molecular formula is C21H28BrN2O5P. The molecule has 0 spiro atoms. The molecule has 5 N–H and O–H groups in total. The second-order valence-corrected chi connectivity index (χ2v) is 9.85. The van der Waals surface area contributed by atoms with Gasteiger partial charge in [-0.05, 0) is 24.5 Å². The highest BCUT2D eigenvalue weighted by atomic mass is 79.9. The van der Waals surface area contributed by atoms with Crippen molar-refractivity contribution < 1.29 is 24.2 Å². The molecule has 0 fully saturated rings. The van der Waals surface area contributed by atoms with Crippen molar-refractivity contribution in [1.82, 2.24) is 5.32 Å². The van der Waals surface area contributed by atoms with Crippen molar-refractivity contribution in [2.24, 2.45) is 11.7 Å². The summed E-state index contributed by atoms with van der Waals surface area (Å²) in [6.45, 7) is 1.42. The van der Waals surface area contributed by atoms with Crippen LogP contribution >= 0.6 is 24.4 Å². The molecule has 0 aliphatic heterocycles. The van der Waals surface area contributed by atoms with E-state index in [2.05, 4.69) is 5.32 Å². The number of nitrogens with two attached hydrogens (primary N) is 1. The van der Waals surface area contributed by atoms with E-state index in [1.165, 1.54) is 6.92 Å². The SMILES string of the molecule is Br.CC(N)P(=O)(O)CC(Cc1ccccc1)C(=O)N[C@@H](Cc1ccccc1)C(=O)O. The van der Waals surface area contributed by atoms with Crippen LogP contribution in [-0.2, 0) is 27.0 Å². The van der Waals surface area contributed by atoms with Gasteiger partial charge in [-0.15, -0.1) is 17.0 Å². The molecule has 1 amide bonds. The Labute approximate surface area is 186 Å². The highest BCUT2D eigenvalue weighted by Crippen LogP contribution is 2.45. The van der Waals surface area contributed by atoms with E-state index >= 15 is 0 Å². The number of carbonyl (C=O) groups is 2. The first-order chi connectivity index (χ1) is 13.7. The number of amides is 1. The van der Waals surface area contributed by atoms with Crippen molar-refractivity contribution in [2.75, 3.05) is 6.16 Å². The van der Waals surface area contributed by atoms with E-state index in [0.29, 0.717) is 0 Å². The smallest absolute Gasteiger partial charge is 0.326 e. The third kappa shape index (κ3) is 8.03. The van der Waals surface area contributed by atoms with E-state index in [9.17, 15) is 24.2 Å². The molecule has 7 nitrogen and oxygen atoms in total. The summed E-state index contributed by atoms with van der Waals surface area (Å²) in [4.78, 5) is 34.8. The second kappa shape index (κ2) is 12.0. The average molecular weight is 499 g/mol. The van der Waals surface area contributed by atoms with Gasteiger partial charge < -0.3 is 21.1 Å². The number of carboxylic acids is 1. The molecule has 2 aromatic rings. The Bertz CT molecular complexity index is 864. The summed E-state index contributed by atoms with van der Waals surface area (Å²) in [7, 11) is -3.78. The van der Waals surface area contributed by atoms with Crippen LogP contribution in [0, 0.1) is 5.92 Å². The standard InChI is InChI=1S/C21H27N2O5P.BrH/c1-15(22)29(27,28)14-18(12-16-8-4-2-5-9-16)20(24)23-19(21(25)26)13-17-10-6-3-7-11-17;/h2-11,15,18-19H,12-14,22H2,1H3,(H,23,24)(H,25,26)(H,27,28);1H/t15?,18?,19-;/m0./s1. The second-order valence-electron chi connectivity index (χ2n) is 7.15. The summed E-state index contributed by atoms with van der Waals surface area (Å²) in [5.41, 5.74) is 7.20. The van der Waals surface area contributed by atoms with E-state index in [-0.39, 0.29) is 36.0 Å². The van der Waals surface area contributed by atoms with Gasteiger partial charge >= 0.3 is 5.97 Å². The Morgan fingerprint density at radius 3 is 1.90 bits per heavy atom. The minimum Gasteiger partial charge on any atom is -0.480 e. The number of carbonyl (C=O) groups excluding carboxylic acids is 1. The Morgan fingerprint density at radius 1 is 1.00 bits per heavy atom. The molecule has 30 heavy (non-hydrogen) atoms. The lowest BCUT2D eigenvalue weighted by atomic mass is 9.99. The van der Waals surface area contributed by atoms with Crippen molar-refractivity contribution in [1.29, 1.82) is 0 Å². The van der Waals surface area contributed by atoms with Gasteiger partial charge in [-0.2, -0.15) is 0 Å². The molecule has 164 valence electrons. The van der Waals surface area contributed by atoms with Crippen LogP contribution < -0.4 is 11.1 Å². The van der Waals surface area contributed by atoms with Crippen molar-refractivity contribution in [3.63, 3.8) is 0 Å². The van der Waals surface area contributed by atoms with E-state index < -0.39 is 37.0 Å². The van der Waals surface area contributed by atoms with Crippen LogP contribution in [0.2, 0.25) is 0 Å². The first-order valence-corrected chi connectivity index (χ1v) is 11.3. The van der Waals surface area contributed by atoms with Gasteiger partial charge in [0, 0.05) is 12.6 Å². The van der Waals surface area contributed by atoms with Crippen molar-refractivity contribution in [2.45, 2.75) is 31.6 Å². The molecule has 0 aliphatic rings. The average Bonchev–Trinajstić information content (AvgIpc) is 2.68. The van der Waals surface area contributed by atoms with Gasteiger partial charge in [-0.1, -0.05) is 60.7 Å². The third-order valence-corrected chi connectivity index (χ3v) is 6.95. The van der Waals surface area contributed by atoms with E-state index in [1.807, 2.05) is 36.4 Å². The van der Waals surface area contributed by atoms with Crippen molar-refractivity contribution in [3.8, 4) is 0 Å². The molecule has 4 atom stereocenters. The number of hydrogen-bond acceptors (Lipinski definition) is 4. The number of rotatable bonds is 10. The van der Waals surface area contributed by atoms with Crippen LogP contribution in [0.3, 0.4) is 0 Å². The molecule has 2 aromatic carbocycles. The Kier molecular flexibility index (Phi) is 10.4. The molecule has 0 aliphatic carbocycles. The number of benzene rings is 2. The lowest BCUT2D eigenvalue weighted by molar-refractivity contribution is -0.142. The fraction of sp³-hybridized carbons (Fsp3) is 0.333. The maximum atomic E-state index is 12.9. The molecule has 0 bridgehead atoms. The molecule has 2 rings (SSSR count). The molecule has 0 saturated heterocycles. The lowest BCUT2D eigenvalue weighted by Gasteiger charge is -2.24. The van der Waals surface area contributed by atoms with Crippen LogP contribution in [0.4, 0.5) is 0 Å². The highest BCUT2D eigenvalue weighted by molar-refractivity contribution is 8.93. The number of hydrogen-bond donors (Lipinski definition) is 4. The van der Waals surface area contributed by atoms with Crippen molar-refractivity contribution >= 4 is 36.2 Å². The normalized spacial score (nSPS) is 15.7. The zero-order chi connectivity index (χ0) is 21.4. The summed E-state index contributed by atoms with van der Waals surface area (Å²) < 4.78 is 12.5. The summed E-state index contributed by atoms with van der Waals surface area (Å²) in [5.74, 6) is -3.60. The Morgan fingerprint density at radius 2 is 1.47 bits per heavy atom. The quantitative estimate of drug-likeness (QED) is 0.372. The maximum Gasteiger partial charge on any atom is 0.326 e. The summed E-state index contributed by atoms with van der Waals surface area (Å²) >= 11 is 0. The van der Waals surface area contributed by atoms with Crippen LogP contribution in [0.1, 0.15) is 18.1 Å². The molecule has 9 heteroatoms. The molecule has 0 saturated carbocycles. The van der Waals surface area contributed by atoms with Gasteiger partial charge in [0.15, 0.2) is 0 Å². The number of aliphatic carboxylic acids is 1. The van der Waals surface area contributed by atoms with E-state index in [1.54, 1.807) is 24.3 Å². The number of carboxylic acid groups (broad SMARTS) is 1. The minimum atomic E-state index is -3.78. The fourth-order valence-electron chi connectivity index (χ4n) is 2.96. The monoisotopic (exact) mass is 498 g/mol. The van der Waals surface area contributed by atoms with Gasteiger partial charge in [0.25, 0.3) is 0 Å². The van der Waals surface area contributed by atoms with Gasteiger partial charge in [0.2, 0.25) is 13.3 Å². The minimum absolute atomic E-state index is 0. The molecule has 0 aromatic heterocycles. The third-order valence-electron chi connectivity index (χ3n) is 4.71. The first kappa shape index (κ1) is 26.0. The predicted molar refractivity (Wildman–Crippen MR) is 122 cm³/mol. The van der Waals surface area contributed by atoms with Crippen LogP contribution in [0.15, 0.2) is 60.7 Å². The molecular weight excluding hydrogens is 471 g/mol. The Hall–Kier alpha value is -1.99. The fourth-order valence-corrected chi connectivity index (χ4v) is 4.22. The lowest BCUT2D eigenvalue weighted by Crippen LogP contribution is -2.46. The zero-order valence-electron chi connectivity index (χ0n) is 16.7. The van der Waals surface area contributed by atoms with Gasteiger partial charge in [-0.25, -0.2) is 4.79 Å². The molecule has 3 unspecified atom stereocenters. The van der Waals surface area contributed by atoms with Crippen LogP contribution in [0.5, 0.6) is 0 Å². The van der Waals surface area contributed by atoms with Gasteiger partial charge in [0.05, 0.1) is 11.7 Å². The van der Waals surface area contributed by atoms with E-state index in [0.717, 1.165) is 11.1 Å².